The summed E-state index contributed by atoms with van der Waals surface area (Å²) in [5.74, 6) is 0.282. The Labute approximate surface area is 164 Å². The minimum atomic E-state index is -0.180. The van der Waals surface area contributed by atoms with Crippen molar-refractivity contribution < 1.29 is 9.59 Å². The molecule has 0 radical (unpaired) electrons. The van der Waals surface area contributed by atoms with Gasteiger partial charge in [-0.2, -0.15) is 5.10 Å². The first-order valence-corrected chi connectivity index (χ1v) is 10.00. The Morgan fingerprint density at radius 3 is 2.64 bits per heavy atom. The average Bonchev–Trinajstić information content (AvgIpc) is 3.46. The van der Waals surface area contributed by atoms with E-state index in [0.717, 1.165) is 48.9 Å². The second-order valence-corrected chi connectivity index (χ2v) is 7.84. The molecule has 28 heavy (non-hydrogen) atoms. The summed E-state index contributed by atoms with van der Waals surface area (Å²) < 4.78 is 1.90. The van der Waals surface area contributed by atoms with E-state index in [2.05, 4.69) is 21.0 Å². The number of hydrogen-bond donors (Lipinski definition) is 3. The fourth-order valence-electron chi connectivity index (χ4n) is 3.78. The van der Waals surface area contributed by atoms with Gasteiger partial charge >= 0.3 is 6.03 Å². The van der Waals surface area contributed by atoms with E-state index in [9.17, 15) is 9.59 Å². The van der Waals surface area contributed by atoms with Crippen molar-refractivity contribution in [1.29, 1.82) is 0 Å². The highest BCUT2D eigenvalue weighted by molar-refractivity contribution is 5.94. The molecular formula is C21H27N5O2. The van der Waals surface area contributed by atoms with Gasteiger partial charge < -0.3 is 16.0 Å². The van der Waals surface area contributed by atoms with E-state index in [0.29, 0.717) is 0 Å². The predicted molar refractivity (Wildman–Crippen MR) is 107 cm³/mol. The molecule has 2 atom stereocenters. The van der Waals surface area contributed by atoms with Crippen LogP contribution < -0.4 is 16.0 Å². The van der Waals surface area contributed by atoms with Gasteiger partial charge in [0.2, 0.25) is 5.91 Å². The van der Waals surface area contributed by atoms with Crippen LogP contribution in [0, 0.1) is 5.92 Å². The Balaban J connectivity index is 1.32. The largest absolute Gasteiger partial charge is 0.332 e. The molecule has 2 unspecified atom stereocenters. The number of aryl methyl sites for hydroxylation is 1. The smallest absolute Gasteiger partial charge is 0.315 e. The van der Waals surface area contributed by atoms with Crippen LogP contribution in [-0.2, 0) is 18.3 Å². The lowest BCUT2D eigenvalue weighted by molar-refractivity contribution is -0.117. The van der Waals surface area contributed by atoms with Crippen molar-refractivity contribution in [3.8, 4) is 0 Å². The number of nitrogens with one attached hydrogen (secondary N) is 3. The number of nitrogens with zero attached hydrogens (tertiary/aromatic N) is 2. The SMILES string of the molecule is CC(NC(=O)NC1CCCc2c1cnn2C)c1ccc(NC(=O)C2CC2)cc1. The molecule has 2 aliphatic carbocycles. The maximum Gasteiger partial charge on any atom is 0.315 e. The first-order valence-electron chi connectivity index (χ1n) is 10.00. The molecule has 0 saturated heterocycles. The fraction of sp³-hybridized carbons (Fsp3) is 0.476. The highest BCUT2D eigenvalue weighted by atomic mass is 16.2. The summed E-state index contributed by atoms with van der Waals surface area (Å²) in [4.78, 5) is 24.3. The molecule has 0 aliphatic heterocycles. The Morgan fingerprint density at radius 1 is 1.18 bits per heavy atom. The van der Waals surface area contributed by atoms with Gasteiger partial charge in [0, 0.05) is 29.9 Å². The van der Waals surface area contributed by atoms with Gasteiger partial charge in [-0.25, -0.2) is 4.79 Å². The molecule has 148 valence electrons. The maximum absolute atomic E-state index is 12.5. The summed E-state index contributed by atoms with van der Waals surface area (Å²) in [6.07, 6.45) is 6.81. The van der Waals surface area contributed by atoms with Crippen LogP contribution in [0.1, 0.15) is 61.5 Å². The predicted octanol–water partition coefficient (Wildman–Crippen LogP) is 3.21. The normalized spacial score (nSPS) is 19.4. The molecule has 2 aromatic rings. The Hall–Kier alpha value is -2.83. The number of aromatic nitrogens is 2. The number of fused-ring (bicyclic) bond motifs is 1. The van der Waals surface area contributed by atoms with Gasteiger partial charge in [-0.3, -0.25) is 9.48 Å². The summed E-state index contributed by atoms with van der Waals surface area (Å²) in [5.41, 5.74) is 4.11. The van der Waals surface area contributed by atoms with E-state index in [4.69, 9.17) is 0 Å². The molecule has 7 nitrogen and oxygen atoms in total. The molecule has 0 bridgehead atoms. The number of amides is 3. The number of carbonyl (C=O) groups is 2. The molecule has 1 aromatic carbocycles. The quantitative estimate of drug-likeness (QED) is 0.743. The lowest BCUT2D eigenvalue weighted by Gasteiger charge is -2.25. The fourth-order valence-corrected chi connectivity index (χ4v) is 3.78. The molecule has 1 aromatic heterocycles. The van der Waals surface area contributed by atoms with E-state index < -0.39 is 0 Å². The molecular weight excluding hydrogens is 354 g/mol. The zero-order valence-electron chi connectivity index (χ0n) is 16.4. The average molecular weight is 381 g/mol. The Kier molecular flexibility index (Phi) is 5.07. The van der Waals surface area contributed by atoms with Crippen LogP contribution in [0.15, 0.2) is 30.5 Å². The molecule has 3 amide bonds. The lowest BCUT2D eigenvalue weighted by atomic mass is 9.93. The second-order valence-electron chi connectivity index (χ2n) is 7.84. The van der Waals surface area contributed by atoms with Crippen LogP contribution in [0.4, 0.5) is 10.5 Å². The number of hydrogen-bond acceptors (Lipinski definition) is 3. The third-order valence-corrected chi connectivity index (χ3v) is 5.65. The summed E-state index contributed by atoms with van der Waals surface area (Å²) in [6.45, 7) is 1.95. The van der Waals surface area contributed by atoms with Crippen LogP contribution >= 0.6 is 0 Å². The van der Waals surface area contributed by atoms with Gasteiger partial charge in [0.05, 0.1) is 18.3 Å². The number of carbonyl (C=O) groups excluding carboxylic acids is 2. The topological polar surface area (TPSA) is 88.1 Å². The van der Waals surface area contributed by atoms with E-state index in [1.807, 2.05) is 49.1 Å². The molecule has 7 heteroatoms. The third-order valence-electron chi connectivity index (χ3n) is 5.65. The first kappa shape index (κ1) is 18.5. The summed E-state index contributed by atoms with van der Waals surface area (Å²) >= 11 is 0. The molecule has 0 spiro atoms. The van der Waals surface area contributed by atoms with Crippen LogP contribution in [0.2, 0.25) is 0 Å². The summed E-state index contributed by atoms with van der Waals surface area (Å²) in [7, 11) is 1.94. The summed E-state index contributed by atoms with van der Waals surface area (Å²) in [6, 6.07) is 7.33. The lowest BCUT2D eigenvalue weighted by Crippen LogP contribution is -2.40. The minimum absolute atomic E-state index is 0.00432. The molecule has 1 heterocycles. The number of benzene rings is 1. The van der Waals surface area contributed by atoms with Gasteiger partial charge in [-0.05, 0) is 56.7 Å². The van der Waals surface area contributed by atoms with Gasteiger partial charge in [0.15, 0.2) is 0 Å². The van der Waals surface area contributed by atoms with E-state index >= 15 is 0 Å². The van der Waals surface area contributed by atoms with Crippen molar-refractivity contribution >= 4 is 17.6 Å². The molecule has 1 fully saturated rings. The van der Waals surface area contributed by atoms with Crippen LogP contribution in [0.5, 0.6) is 0 Å². The Bertz CT molecular complexity index is 869. The number of anilines is 1. The summed E-state index contributed by atoms with van der Waals surface area (Å²) in [5, 5.41) is 13.3. The molecule has 3 N–H and O–H groups in total. The zero-order chi connectivity index (χ0) is 19.7. The Morgan fingerprint density at radius 2 is 1.93 bits per heavy atom. The molecule has 4 rings (SSSR count). The number of urea groups is 1. The van der Waals surface area contributed by atoms with Crippen LogP contribution in [-0.4, -0.2) is 21.7 Å². The zero-order valence-corrected chi connectivity index (χ0v) is 16.4. The second kappa shape index (κ2) is 7.66. The van der Waals surface area contributed by atoms with Gasteiger partial charge in [0.1, 0.15) is 0 Å². The van der Waals surface area contributed by atoms with Crippen molar-refractivity contribution in [3.05, 3.63) is 47.3 Å². The van der Waals surface area contributed by atoms with E-state index in [-0.39, 0.29) is 29.9 Å². The molecule has 1 saturated carbocycles. The maximum atomic E-state index is 12.5. The van der Waals surface area contributed by atoms with E-state index in [1.54, 1.807) is 0 Å². The highest BCUT2D eigenvalue weighted by Gasteiger charge is 2.29. The first-order chi connectivity index (χ1) is 13.5. The van der Waals surface area contributed by atoms with E-state index in [1.165, 1.54) is 5.69 Å². The van der Waals surface area contributed by atoms with Gasteiger partial charge in [-0.1, -0.05) is 12.1 Å². The van der Waals surface area contributed by atoms with Gasteiger partial charge in [-0.15, -0.1) is 0 Å². The van der Waals surface area contributed by atoms with Crippen molar-refractivity contribution in [2.24, 2.45) is 13.0 Å². The van der Waals surface area contributed by atoms with Crippen molar-refractivity contribution in [1.82, 2.24) is 20.4 Å². The number of rotatable bonds is 5. The van der Waals surface area contributed by atoms with Gasteiger partial charge in [0.25, 0.3) is 0 Å². The van der Waals surface area contributed by atoms with Crippen LogP contribution in [0.3, 0.4) is 0 Å². The monoisotopic (exact) mass is 381 g/mol. The highest BCUT2D eigenvalue weighted by Crippen LogP contribution is 2.30. The standard InChI is InChI=1S/C21H27N5O2/c1-13(14-8-10-16(11-9-14)24-20(27)15-6-7-15)23-21(28)25-18-4-3-5-19-17(18)12-22-26(19)2/h8-13,15,18H,3-7H2,1-2H3,(H,24,27)(H2,23,25,28). The van der Waals surface area contributed by atoms with Crippen molar-refractivity contribution in [2.75, 3.05) is 5.32 Å². The van der Waals surface area contributed by atoms with Crippen molar-refractivity contribution in [3.63, 3.8) is 0 Å². The van der Waals surface area contributed by atoms with Crippen LogP contribution in [0.25, 0.3) is 0 Å². The minimum Gasteiger partial charge on any atom is -0.332 e. The third kappa shape index (κ3) is 4.03. The molecule has 2 aliphatic rings. The van der Waals surface area contributed by atoms with Crippen molar-refractivity contribution in [2.45, 2.75) is 51.1 Å².